The topological polar surface area (TPSA) is 37.9 Å². The van der Waals surface area contributed by atoms with Gasteiger partial charge in [0.15, 0.2) is 0 Å². The van der Waals surface area contributed by atoms with Crippen LogP contribution in [0.2, 0.25) is 0 Å². The zero-order valence-electron chi connectivity index (χ0n) is 10.3. The molecule has 1 N–H and O–H groups in total. The van der Waals surface area contributed by atoms with Crippen molar-refractivity contribution in [3.63, 3.8) is 0 Å². The molecular formula is C14H14N2OS2. The van der Waals surface area contributed by atoms with Gasteiger partial charge in [0, 0.05) is 17.2 Å². The molecule has 1 aliphatic rings. The molecule has 2 aromatic rings. The number of nitrogens with zero attached hydrogens (tertiary/aromatic N) is 1. The number of rotatable bonds is 2. The summed E-state index contributed by atoms with van der Waals surface area (Å²) in [4.78, 5) is 7.76. The lowest BCUT2D eigenvalue weighted by molar-refractivity contribution is 0.0694. The third-order valence-corrected chi connectivity index (χ3v) is 4.17. The van der Waals surface area contributed by atoms with E-state index in [1.54, 1.807) is 0 Å². The van der Waals surface area contributed by atoms with E-state index in [1.807, 2.05) is 36.0 Å². The Balaban J connectivity index is 1.98. The summed E-state index contributed by atoms with van der Waals surface area (Å²) >= 11 is 7.15. The van der Waals surface area contributed by atoms with Crippen LogP contribution in [-0.2, 0) is 4.74 Å². The highest BCUT2D eigenvalue weighted by molar-refractivity contribution is 7.99. The highest BCUT2D eigenvalue weighted by Crippen LogP contribution is 2.26. The van der Waals surface area contributed by atoms with E-state index in [0.29, 0.717) is 4.64 Å². The molecular weight excluding hydrogens is 276 g/mol. The van der Waals surface area contributed by atoms with E-state index < -0.39 is 0 Å². The predicted molar refractivity (Wildman–Crippen MR) is 80.9 cm³/mol. The third-order valence-electron chi connectivity index (χ3n) is 2.97. The van der Waals surface area contributed by atoms with Gasteiger partial charge in [0.05, 0.1) is 6.61 Å². The van der Waals surface area contributed by atoms with Crippen LogP contribution in [-0.4, -0.2) is 28.1 Å². The number of aromatic amines is 1. The molecule has 5 heteroatoms. The lowest BCUT2D eigenvalue weighted by atomic mass is 10.1. The third kappa shape index (κ3) is 3.05. The zero-order chi connectivity index (χ0) is 13.1. The Morgan fingerprint density at radius 3 is 2.89 bits per heavy atom. The van der Waals surface area contributed by atoms with Crippen LogP contribution in [0.5, 0.6) is 0 Å². The maximum Gasteiger partial charge on any atom is 0.138 e. The van der Waals surface area contributed by atoms with Crippen molar-refractivity contribution >= 4 is 24.0 Å². The Bertz CT molecular complexity index is 606. The summed E-state index contributed by atoms with van der Waals surface area (Å²) in [5.74, 6) is 2.81. The second kappa shape index (κ2) is 5.86. The summed E-state index contributed by atoms with van der Waals surface area (Å²) in [6.45, 7) is 0.771. The number of nitrogens with one attached hydrogen (secondary N) is 1. The van der Waals surface area contributed by atoms with Crippen molar-refractivity contribution in [1.82, 2.24) is 9.97 Å². The van der Waals surface area contributed by atoms with Crippen LogP contribution >= 0.6 is 24.0 Å². The molecule has 1 aromatic heterocycles. The Morgan fingerprint density at radius 1 is 1.32 bits per heavy atom. The predicted octanol–water partition coefficient (Wildman–Crippen LogP) is 3.61. The first-order valence-corrected chi connectivity index (χ1v) is 7.75. The first-order valence-electron chi connectivity index (χ1n) is 6.19. The minimum absolute atomic E-state index is 0.0177. The lowest BCUT2D eigenvalue weighted by Gasteiger charge is -2.21. The minimum atomic E-state index is 0.0177. The van der Waals surface area contributed by atoms with Crippen LogP contribution in [0, 0.1) is 4.64 Å². The van der Waals surface area contributed by atoms with Gasteiger partial charge in [0.25, 0.3) is 0 Å². The summed E-state index contributed by atoms with van der Waals surface area (Å²) in [6.07, 6.45) is 0.0177. The zero-order valence-corrected chi connectivity index (χ0v) is 12.0. The van der Waals surface area contributed by atoms with Crippen molar-refractivity contribution in [3.05, 3.63) is 46.9 Å². The number of benzene rings is 1. The number of H-pyrrole nitrogens is 1. The molecule has 0 amide bonds. The normalized spacial score (nSPS) is 19.3. The van der Waals surface area contributed by atoms with Gasteiger partial charge in [-0.2, -0.15) is 11.8 Å². The van der Waals surface area contributed by atoms with Gasteiger partial charge in [-0.05, 0) is 11.6 Å². The fourth-order valence-corrected chi connectivity index (χ4v) is 3.11. The van der Waals surface area contributed by atoms with E-state index >= 15 is 0 Å². The highest BCUT2D eigenvalue weighted by Gasteiger charge is 2.19. The van der Waals surface area contributed by atoms with Gasteiger partial charge in [0.1, 0.15) is 16.6 Å². The Labute approximate surface area is 121 Å². The van der Waals surface area contributed by atoms with Gasteiger partial charge in [-0.1, -0.05) is 42.5 Å². The van der Waals surface area contributed by atoms with Gasteiger partial charge in [-0.15, -0.1) is 0 Å². The molecule has 0 spiro atoms. The fourth-order valence-electron chi connectivity index (χ4n) is 2.05. The molecule has 1 atom stereocenters. The average molecular weight is 290 g/mol. The molecule has 2 heterocycles. The van der Waals surface area contributed by atoms with Crippen LogP contribution in [0.15, 0.2) is 36.4 Å². The van der Waals surface area contributed by atoms with Gasteiger partial charge in [-0.25, -0.2) is 4.98 Å². The molecule has 1 unspecified atom stereocenters. The maximum absolute atomic E-state index is 5.75. The monoisotopic (exact) mass is 290 g/mol. The number of hydrogen-bond donors (Lipinski definition) is 1. The number of aromatic nitrogens is 2. The van der Waals surface area contributed by atoms with E-state index in [1.165, 1.54) is 0 Å². The smallest absolute Gasteiger partial charge is 0.138 e. The van der Waals surface area contributed by atoms with Crippen molar-refractivity contribution in [2.45, 2.75) is 6.10 Å². The van der Waals surface area contributed by atoms with E-state index in [0.717, 1.165) is 35.2 Å². The first-order chi connectivity index (χ1) is 9.33. The second-order valence-corrected chi connectivity index (χ2v) is 5.89. The van der Waals surface area contributed by atoms with Crippen molar-refractivity contribution in [1.29, 1.82) is 0 Å². The summed E-state index contributed by atoms with van der Waals surface area (Å²) < 4.78 is 6.35. The Hall–Kier alpha value is -1.17. The SMILES string of the molecule is S=c1cc(-c2ccccc2)[nH]c(C2CSCCO2)n1. The summed E-state index contributed by atoms with van der Waals surface area (Å²) in [7, 11) is 0. The average Bonchev–Trinajstić information content (AvgIpc) is 2.48. The van der Waals surface area contributed by atoms with E-state index in [-0.39, 0.29) is 6.10 Å². The lowest BCUT2D eigenvalue weighted by Crippen LogP contribution is -2.18. The molecule has 0 radical (unpaired) electrons. The van der Waals surface area contributed by atoms with Crippen LogP contribution in [0.1, 0.15) is 11.9 Å². The quantitative estimate of drug-likeness (QED) is 0.857. The van der Waals surface area contributed by atoms with Gasteiger partial charge >= 0.3 is 0 Å². The Morgan fingerprint density at radius 2 is 2.16 bits per heavy atom. The summed E-state index contributed by atoms with van der Waals surface area (Å²) in [5, 5.41) is 0. The Kier molecular flexibility index (Phi) is 3.96. The molecule has 98 valence electrons. The molecule has 19 heavy (non-hydrogen) atoms. The molecule has 1 aromatic carbocycles. The van der Waals surface area contributed by atoms with Crippen LogP contribution in [0.4, 0.5) is 0 Å². The summed E-state index contributed by atoms with van der Waals surface area (Å²) in [6, 6.07) is 12.0. The fraction of sp³-hybridized carbons (Fsp3) is 0.286. The first kappa shape index (κ1) is 12.8. The molecule has 3 nitrogen and oxygen atoms in total. The molecule has 0 saturated carbocycles. The van der Waals surface area contributed by atoms with E-state index in [9.17, 15) is 0 Å². The van der Waals surface area contributed by atoms with Crippen molar-refractivity contribution in [2.24, 2.45) is 0 Å². The highest BCUT2D eigenvalue weighted by atomic mass is 32.2. The van der Waals surface area contributed by atoms with Crippen LogP contribution in [0.3, 0.4) is 0 Å². The van der Waals surface area contributed by atoms with E-state index in [2.05, 4.69) is 22.1 Å². The van der Waals surface area contributed by atoms with E-state index in [4.69, 9.17) is 17.0 Å². The number of thioether (sulfide) groups is 1. The number of ether oxygens (including phenoxy) is 1. The molecule has 3 rings (SSSR count). The molecule has 1 aliphatic heterocycles. The second-order valence-electron chi connectivity index (χ2n) is 4.32. The van der Waals surface area contributed by atoms with Gasteiger partial charge < -0.3 is 9.72 Å². The molecule has 0 bridgehead atoms. The molecule has 1 saturated heterocycles. The van der Waals surface area contributed by atoms with Crippen LogP contribution in [0.25, 0.3) is 11.3 Å². The van der Waals surface area contributed by atoms with Crippen LogP contribution < -0.4 is 0 Å². The van der Waals surface area contributed by atoms with Crippen molar-refractivity contribution < 1.29 is 4.74 Å². The van der Waals surface area contributed by atoms with Gasteiger partial charge in [-0.3, -0.25) is 0 Å². The largest absolute Gasteiger partial charge is 0.369 e. The van der Waals surface area contributed by atoms with Gasteiger partial charge in [0.2, 0.25) is 0 Å². The standard InChI is InChI=1S/C14H14N2OS2/c18-13-8-11(10-4-2-1-3-5-10)15-14(16-13)12-9-19-7-6-17-12/h1-5,8,12H,6-7,9H2,(H,15,16,18). The molecule has 0 aliphatic carbocycles. The molecule has 1 fully saturated rings. The summed E-state index contributed by atoms with van der Waals surface area (Å²) in [5.41, 5.74) is 2.11. The van der Waals surface area contributed by atoms with Crippen molar-refractivity contribution in [3.8, 4) is 11.3 Å². The maximum atomic E-state index is 5.75. The number of hydrogen-bond acceptors (Lipinski definition) is 4. The van der Waals surface area contributed by atoms with Crippen molar-refractivity contribution in [2.75, 3.05) is 18.1 Å². The minimum Gasteiger partial charge on any atom is -0.369 e.